The van der Waals surface area contributed by atoms with Crippen LogP contribution in [-0.4, -0.2) is 59.2 Å². The van der Waals surface area contributed by atoms with Crippen molar-refractivity contribution in [3.05, 3.63) is 0 Å². The monoisotopic (exact) mass is 177 g/mol. The molecule has 0 aliphatic carbocycles. The molecule has 5 N–H and O–H groups in total. The van der Waals surface area contributed by atoms with E-state index in [0.717, 1.165) is 0 Å². The van der Waals surface area contributed by atoms with Crippen molar-refractivity contribution in [2.24, 2.45) is 5.73 Å². The standard InChI is InChI=1S/C3H11NO4Si.Na.H/c1-2-3(4)8-9(5,6)7;;/h3,5-7H,2,4H2,1H3;;. The zero-order valence-corrected chi connectivity index (χ0v) is 6.11. The Morgan fingerprint density at radius 2 is 1.90 bits per heavy atom. The van der Waals surface area contributed by atoms with Crippen molar-refractivity contribution in [1.82, 2.24) is 0 Å². The van der Waals surface area contributed by atoms with E-state index in [4.69, 9.17) is 20.1 Å². The van der Waals surface area contributed by atoms with E-state index in [1.807, 2.05) is 0 Å². The van der Waals surface area contributed by atoms with E-state index in [2.05, 4.69) is 4.43 Å². The zero-order chi connectivity index (χ0) is 7.49. The van der Waals surface area contributed by atoms with Crippen molar-refractivity contribution in [2.45, 2.75) is 19.6 Å². The van der Waals surface area contributed by atoms with Crippen molar-refractivity contribution >= 4 is 38.6 Å². The Kier molecular flexibility index (Phi) is 7.67. The molecule has 0 amide bonds. The fourth-order valence-electron chi connectivity index (χ4n) is 0.286. The minimum absolute atomic E-state index is 0. The topological polar surface area (TPSA) is 95.9 Å². The predicted octanol–water partition coefficient (Wildman–Crippen LogP) is -2.54. The molecule has 7 heteroatoms. The summed E-state index contributed by atoms with van der Waals surface area (Å²) in [6.45, 7) is 1.70. The fraction of sp³-hybridized carbons (Fsp3) is 1.00. The molecule has 10 heavy (non-hydrogen) atoms. The number of hydrogen-bond acceptors (Lipinski definition) is 5. The van der Waals surface area contributed by atoms with Gasteiger partial charge in [0.05, 0.1) is 0 Å². The van der Waals surface area contributed by atoms with Crippen LogP contribution in [-0.2, 0) is 4.43 Å². The van der Waals surface area contributed by atoms with E-state index in [9.17, 15) is 0 Å². The molecule has 0 aromatic rings. The summed E-state index contributed by atoms with van der Waals surface area (Å²) >= 11 is 0. The van der Waals surface area contributed by atoms with Crippen LogP contribution < -0.4 is 5.73 Å². The summed E-state index contributed by atoms with van der Waals surface area (Å²) < 4.78 is 4.17. The van der Waals surface area contributed by atoms with Crippen molar-refractivity contribution in [3.8, 4) is 0 Å². The molecule has 0 bridgehead atoms. The molecule has 58 valence electrons. The molecular weight excluding hydrogens is 165 g/mol. The van der Waals surface area contributed by atoms with Crippen LogP contribution in [0.15, 0.2) is 0 Å². The Labute approximate surface area is 82.6 Å². The van der Waals surface area contributed by atoms with E-state index < -0.39 is 15.3 Å². The third-order valence-electron chi connectivity index (χ3n) is 0.712. The fourth-order valence-corrected chi connectivity index (χ4v) is 0.859. The van der Waals surface area contributed by atoms with Gasteiger partial charge in [-0.25, -0.2) is 0 Å². The van der Waals surface area contributed by atoms with Gasteiger partial charge in [-0.1, -0.05) is 6.92 Å². The molecule has 0 aliphatic rings. The Hall–Kier alpha value is 1.02. The average Bonchev–Trinajstić information content (AvgIpc) is 1.62. The first-order valence-electron chi connectivity index (χ1n) is 2.56. The Balaban J connectivity index is 0. The van der Waals surface area contributed by atoms with Crippen molar-refractivity contribution in [1.29, 1.82) is 0 Å². The number of nitrogens with two attached hydrogens (primary N) is 1. The van der Waals surface area contributed by atoms with Gasteiger partial charge in [0.25, 0.3) is 0 Å². The third kappa shape index (κ3) is 9.02. The van der Waals surface area contributed by atoms with Crippen molar-refractivity contribution in [2.75, 3.05) is 0 Å². The van der Waals surface area contributed by atoms with Gasteiger partial charge < -0.3 is 24.5 Å². The van der Waals surface area contributed by atoms with Crippen LogP contribution in [0.1, 0.15) is 13.3 Å². The molecule has 0 fully saturated rings. The summed E-state index contributed by atoms with van der Waals surface area (Å²) in [7, 11) is -4.37. The van der Waals surface area contributed by atoms with Crippen molar-refractivity contribution < 1.29 is 18.8 Å². The molecule has 0 aromatic heterocycles. The zero-order valence-electron chi connectivity index (χ0n) is 5.11. The van der Waals surface area contributed by atoms with E-state index in [-0.39, 0.29) is 29.6 Å². The molecule has 1 unspecified atom stereocenters. The Morgan fingerprint density at radius 1 is 1.50 bits per heavy atom. The molecular formula is C3H12NNaO4Si. The van der Waals surface area contributed by atoms with Crippen LogP contribution in [0.25, 0.3) is 0 Å². The summed E-state index contributed by atoms with van der Waals surface area (Å²) in [5.41, 5.74) is 5.09. The summed E-state index contributed by atoms with van der Waals surface area (Å²) in [4.78, 5) is 24.8. The molecule has 0 rings (SSSR count). The van der Waals surface area contributed by atoms with Gasteiger partial charge in [-0.3, -0.25) is 0 Å². The van der Waals surface area contributed by atoms with Gasteiger partial charge in [0.1, 0.15) is 6.23 Å². The summed E-state index contributed by atoms with van der Waals surface area (Å²) in [6, 6.07) is 0. The third-order valence-corrected chi connectivity index (χ3v) is 1.33. The molecule has 0 spiro atoms. The molecule has 5 nitrogen and oxygen atoms in total. The maximum atomic E-state index is 8.27. The first-order chi connectivity index (χ1) is 3.95. The second-order valence-corrected chi connectivity index (χ2v) is 3.02. The summed E-state index contributed by atoms with van der Waals surface area (Å²) in [6.07, 6.45) is -0.368. The first-order valence-corrected chi connectivity index (χ1v) is 4.31. The van der Waals surface area contributed by atoms with Crippen LogP contribution in [0.2, 0.25) is 0 Å². The van der Waals surface area contributed by atoms with E-state index in [1.54, 1.807) is 6.92 Å². The number of hydrogen-bond donors (Lipinski definition) is 4. The van der Waals surface area contributed by atoms with Crippen LogP contribution in [0.4, 0.5) is 0 Å². The van der Waals surface area contributed by atoms with Gasteiger partial charge in [-0.05, 0) is 6.42 Å². The van der Waals surface area contributed by atoms with Crippen molar-refractivity contribution in [3.63, 3.8) is 0 Å². The van der Waals surface area contributed by atoms with Gasteiger partial charge in [-0.15, -0.1) is 0 Å². The molecule has 0 radical (unpaired) electrons. The van der Waals surface area contributed by atoms with Gasteiger partial charge in [0.2, 0.25) is 0 Å². The molecule has 0 saturated carbocycles. The molecule has 0 saturated heterocycles. The molecule has 0 aromatic carbocycles. The van der Waals surface area contributed by atoms with Crippen LogP contribution in [0.5, 0.6) is 0 Å². The second-order valence-electron chi connectivity index (χ2n) is 1.64. The predicted molar refractivity (Wildman–Crippen MR) is 38.9 cm³/mol. The van der Waals surface area contributed by atoms with Crippen LogP contribution in [0.3, 0.4) is 0 Å². The SMILES string of the molecule is CCC(N)O[Si](O)(O)O.[NaH]. The molecule has 1 atom stereocenters. The Morgan fingerprint density at radius 3 is 2.00 bits per heavy atom. The molecule has 0 aliphatic heterocycles. The van der Waals surface area contributed by atoms with E-state index in [0.29, 0.717) is 6.42 Å². The van der Waals surface area contributed by atoms with Crippen LogP contribution in [0, 0.1) is 0 Å². The summed E-state index contributed by atoms with van der Waals surface area (Å²) in [5.74, 6) is 0. The Bertz CT molecular complexity index is 87.1. The van der Waals surface area contributed by atoms with Gasteiger partial charge in [-0.2, -0.15) is 0 Å². The molecule has 0 heterocycles. The average molecular weight is 177 g/mol. The van der Waals surface area contributed by atoms with E-state index >= 15 is 0 Å². The second kappa shape index (κ2) is 5.64. The van der Waals surface area contributed by atoms with Gasteiger partial charge in [0.15, 0.2) is 0 Å². The summed E-state index contributed by atoms with van der Waals surface area (Å²) in [5, 5.41) is 0. The maximum absolute atomic E-state index is 8.27. The van der Waals surface area contributed by atoms with E-state index in [1.165, 1.54) is 0 Å². The van der Waals surface area contributed by atoms with Gasteiger partial charge in [0, 0.05) is 0 Å². The minimum atomic E-state index is -4.37. The number of rotatable bonds is 3. The quantitative estimate of drug-likeness (QED) is 0.281. The van der Waals surface area contributed by atoms with Gasteiger partial charge >= 0.3 is 38.6 Å². The van der Waals surface area contributed by atoms with Crippen LogP contribution >= 0.6 is 0 Å². The first kappa shape index (κ1) is 13.6. The normalized spacial score (nSPS) is 14.1.